The van der Waals surface area contributed by atoms with Gasteiger partial charge in [-0.1, -0.05) is 81.4 Å². The van der Waals surface area contributed by atoms with E-state index in [1.54, 1.807) is 12.1 Å². The Morgan fingerprint density at radius 3 is 2.33 bits per heavy atom. The Morgan fingerprint density at radius 1 is 0.882 bits per heavy atom. The summed E-state index contributed by atoms with van der Waals surface area (Å²) in [6, 6.07) is 26.1. The first kappa shape index (κ1) is 34.9. The van der Waals surface area contributed by atoms with Gasteiger partial charge in [-0.3, -0.25) is 9.58 Å². The predicted molar refractivity (Wildman–Crippen MR) is 201 cm³/mol. The van der Waals surface area contributed by atoms with Crippen LogP contribution in [0.1, 0.15) is 79.8 Å². The summed E-state index contributed by atoms with van der Waals surface area (Å²) in [4.78, 5) is 11.9. The van der Waals surface area contributed by atoms with Gasteiger partial charge in [-0.05, 0) is 78.5 Å². The first-order valence-electron chi connectivity index (χ1n) is 17.9. The van der Waals surface area contributed by atoms with E-state index in [2.05, 4.69) is 81.6 Å². The van der Waals surface area contributed by atoms with Crippen LogP contribution in [-0.2, 0) is 16.6 Å². The molecule has 3 aromatic carbocycles. The molecule has 51 heavy (non-hydrogen) atoms. The van der Waals surface area contributed by atoms with Crippen molar-refractivity contribution in [2.45, 2.75) is 77.3 Å². The number of hydrogen-bond donors (Lipinski definition) is 1. The molecular weight excluding hydrogens is 657 g/mol. The quantitative estimate of drug-likeness (QED) is 0.190. The highest BCUT2D eigenvalue weighted by Gasteiger charge is 2.33. The summed E-state index contributed by atoms with van der Waals surface area (Å²) in [5.74, 6) is 0.143. The number of nitrogens with zero attached hydrogens (tertiary/aromatic N) is 5. The lowest BCUT2D eigenvalue weighted by Gasteiger charge is -2.33. The van der Waals surface area contributed by atoms with E-state index in [0.717, 1.165) is 66.7 Å². The monoisotopic (exact) mass is 704 g/mol. The molecule has 0 radical (unpaired) electrons. The molecule has 9 nitrogen and oxygen atoms in total. The highest BCUT2D eigenvalue weighted by Crippen LogP contribution is 2.41. The van der Waals surface area contributed by atoms with Crippen LogP contribution in [0.3, 0.4) is 0 Å². The Hall–Kier alpha value is -4.54. The maximum Gasteiger partial charge on any atom is 0.264 e. The Bertz CT molecular complexity index is 2080. The van der Waals surface area contributed by atoms with Crippen LogP contribution >= 0.6 is 0 Å². The molecule has 0 saturated carbocycles. The molecule has 2 aliphatic rings. The highest BCUT2D eigenvalue weighted by atomic mass is 32.2. The van der Waals surface area contributed by atoms with Gasteiger partial charge in [0.15, 0.2) is 0 Å². The third-order valence-corrected chi connectivity index (χ3v) is 11.5. The van der Waals surface area contributed by atoms with Crippen LogP contribution in [0.2, 0.25) is 0 Å². The minimum atomic E-state index is -4.02. The third kappa shape index (κ3) is 8.02. The van der Waals surface area contributed by atoms with Gasteiger partial charge in [-0.15, -0.1) is 0 Å². The number of hydrogen-bond acceptors (Lipinski definition) is 7. The van der Waals surface area contributed by atoms with Crippen LogP contribution in [0, 0.1) is 25.2 Å². The largest absolute Gasteiger partial charge is 0.477 e. The molecule has 4 bridgehead atoms. The summed E-state index contributed by atoms with van der Waals surface area (Å²) in [5.41, 5.74) is 6.88. The fourth-order valence-electron chi connectivity index (χ4n) is 7.83. The van der Waals surface area contributed by atoms with Gasteiger partial charge in [-0.2, -0.15) is 10.1 Å². The van der Waals surface area contributed by atoms with Crippen molar-refractivity contribution in [3.8, 4) is 17.1 Å². The summed E-state index contributed by atoms with van der Waals surface area (Å²) in [6.07, 6.45) is 7.03. The standard InChI is InChI=1S/C41H48N6O3S/c1-28-11-9-12-29(2)38(28)36-22-37-44-40(43-36)45-51(48,49)35-16-10-15-31(21-35)39(32(27-50-37)23-41(3,4)5)33-24-42-47(26-33)34-17-19-46(20-18-34)25-30-13-7-6-8-14-30/h6-16,21-22,24,26,32,34,39H,17-20,23,25,27H2,1-5H3,(H,43,44,45)/t32-,39?/m1/s1. The second kappa shape index (κ2) is 14.2. The second-order valence-corrected chi connectivity index (χ2v) is 17.1. The molecule has 1 unspecified atom stereocenters. The fourth-order valence-corrected chi connectivity index (χ4v) is 8.83. The number of aryl methyl sites for hydroxylation is 2. The van der Waals surface area contributed by atoms with Gasteiger partial charge < -0.3 is 4.74 Å². The van der Waals surface area contributed by atoms with E-state index < -0.39 is 10.0 Å². The van der Waals surface area contributed by atoms with Crippen LogP contribution < -0.4 is 9.46 Å². The van der Waals surface area contributed by atoms with E-state index in [0.29, 0.717) is 24.2 Å². The van der Waals surface area contributed by atoms with Crippen molar-refractivity contribution >= 4 is 16.0 Å². The van der Waals surface area contributed by atoms with Crippen LogP contribution in [0.4, 0.5) is 5.95 Å². The average Bonchev–Trinajstić information content (AvgIpc) is 3.57. The van der Waals surface area contributed by atoms with Gasteiger partial charge >= 0.3 is 0 Å². The fraction of sp³-hybridized carbons (Fsp3) is 0.390. The maximum absolute atomic E-state index is 13.9. The number of ether oxygens (including phenoxy) is 1. The van der Waals surface area contributed by atoms with Crippen molar-refractivity contribution in [2.24, 2.45) is 11.3 Å². The number of rotatable bonds is 6. The van der Waals surface area contributed by atoms with E-state index >= 15 is 0 Å². The molecule has 2 aromatic heterocycles. The summed E-state index contributed by atoms with van der Waals surface area (Å²) in [6.45, 7) is 14.1. The van der Waals surface area contributed by atoms with Crippen molar-refractivity contribution < 1.29 is 13.2 Å². The van der Waals surface area contributed by atoms with Crippen LogP contribution in [-0.4, -0.2) is 52.8 Å². The maximum atomic E-state index is 13.9. The molecule has 7 rings (SSSR count). The highest BCUT2D eigenvalue weighted by molar-refractivity contribution is 7.92. The summed E-state index contributed by atoms with van der Waals surface area (Å²) in [7, 11) is -4.02. The zero-order chi connectivity index (χ0) is 35.8. The number of aromatic nitrogens is 4. The second-order valence-electron chi connectivity index (χ2n) is 15.4. The van der Waals surface area contributed by atoms with Gasteiger partial charge in [-0.25, -0.2) is 18.1 Å². The molecule has 0 amide bonds. The summed E-state index contributed by atoms with van der Waals surface area (Å²) < 4.78 is 39.2. The van der Waals surface area contributed by atoms with Gasteiger partial charge in [0.25, 0.3) is 10.0 Å². The first-order valence-corrected chi connectivity index (χ1v) is 19.4. The number of benzene rings is 3. The van der Waals surface area contributed by atoms with E-state index in [4.69, 9.17) is 9.84 Å². The van der Waals surface area contributed by atoms with E-state index in [1.165, 1.54) is 5.56 Å². The Kier molecular flexibility index (Phi) is 9.74. The molecule has 0 aliphatic carbocycles. The minimum absolute atomic E-state index is 0.0113. The summed E-state index contributed by atoms with van der Waals surface area (Å²) in [5, 5.41) is 4.94. The molecule has 4 heterocycles. The molecule has 2 atom stereocenters. The molecule has 1 saturated heterocycles. The molecule has 10 heteroatoms. The number of likely N-dealkylation sites (tertiary alicyclic amines) is 1. The molecule has 1 fully saturated rings. The molecule has 266 valence electrons. The van der Waals surface area contributed by atoms with Crippen LogP contribution in [0.5, 0.6) is 5.88 Å². The van der Waals surface area contributed by atoms with E-state index in [-0.39, 0.29) is 28.1 Å². The molecule has 0 spiro atoms. The Morgan fingerprint density at radius 2 is 1.61 bits per heavy atom. The number of fused-ring (bicyclic) bond motifs is 4. The van der Waals surface area contributed by atoms with Gasteiger partial charge in [0.1, 0.15) is 0 Å². The molecule has 5 aromatic rings. The van der Waals surface area contributed by atoms with Crippen LogP contribution in [0.25, 0.3) is 11.3 Å². The zero-order valence-electron chi connectivity index (χ0n) is 30.2. The lowest BCUT2D eigenvalue weighted by molar-refractivity contribution is 0.172. The molecule has 1 N–H and O–H groups in total. The minimum Gasteiger partial charge on any atom is -0.477 e. The Labute approximate surface area is 302 Å². The molecular formula is C41H48N6O3S. The Balaban J connectivity index is 1.24. The molecule has 2 aliphatic heterocycles. The topological polar surface area (TPSA) is 102 Å². The van der Waals surface area contributed by atoms with Crippen molar-refractivity contribution in [1.29, 1.82) is 0 Å². The number of anilines is 1. The summed E-state index contributed by atoms with van der Waals surface area (Å²) >= 11 is 0. The number of sulfonamides is 1. The lowest BCUT2D eigenvalue weighted by Crippen LogP contribution is -2.34. The van der Waals surface area contributed by atoms with Crippen molar-refractivity contribution in [1.82, 2.24) is 24.6 Å². The SMILES string of the molecule is Cc1cccc(C)c1-c1cc2nc(n1)NS(=O)(=O)c1cccc(c1)C(c1cnn(C3CCN(Cc4ccccc4)CC3)c1)[C@H](CC(C)(C)C)CO2. The van der Waals surface area contributed by atoms with E-state index in [1.807, 2.05) is 56.4 Å². The van der Waals surface area contributed by atoms with Gasteiger partial charge in [0, 0.05) is 49.3 Å². The van der Waals surface area contributed by atoms with E-state index in [9.17, 15) is 8.42 Å². The normalized spacial score (nSPS) is 19.7. The average molecular weight is 705 g/mol. The number of nitrogens with one attached hydrogen (secondary N) is 1. The predicted octanol–water partition coefficient (Wildman–Crippen LogP) is 8.17. The number of piperidine rings is 1. The lowest BCUT2D eigenvalue weighted by atomic mass is 9.74. The first-order chi connectivity index (χ1) is 24.4. The van der Waals surface area contributed by atoms with Gasteiger partial charge in [0.05, 0.1) is 29.4 Å². The zero-order valence-corrected chi connectivity index (χ0v) is 31.0. The smallest absolute Gasteiger partial charge is 0.264 e. The third-order valence-electron chi connectivity index (χ3n) is 10.1. The van der Waals surface area contributed by atoms with Crippen molar-refractivity contribution in [3.05, 3.63) is 119 Å². The van der Waals surface area contributed by atoms with Crippen LogP contribution in [0.15, 0.2) is 96.2 Å². The van der Waals surface area contributed by atoms with Gasteiger partial charge in [0.2, 0.25) is 11.8 Å². The van der Waals surface area contributed by atoms with Crippen molar-refractivity contribution in [3.63, 3.8) is 0 Å². The van der Waals surface area contributed by atoms with Crippen molar-refractivity contribution in [2.75, 3.05) is 24.4 Å².